The van der Waals surface area contributed by atoms with Crippen molar-refractivity contribution in [2.45, 2.75) is 26.3 Å². The summed E-state index contributed by atoms with van der Waals surface area (Å²) >= 11 is 0. The van der Waals surface area contributed by atoms with E-state index in [4.69, 9.17) is 9.47 Å². The SMILES string of the molecule is COc1ccc(OC)c(NC(=O)C[NH+]2CC[NH+](Cc3ccc(C(C)C)cc3)CC2)c1. The highest BCUT2D eigenvalue weighted by Crippen LogP contribution is 2.28. The average molecular weight is 414 g/mol. The number of anilines is 1. The molecule has 0 saturated carbocycles. The molecule has 0 bridgehead atoms. The van der Waals surface area contributed by atoms with E-state index in [1.54, 1.807) is 31.3 Å². The van der Waals surface area contributed by atoms with Crippen LogP contribution in [0.1, 0.15) is 30.9 Å². The third kappa shape index (κ3) is 5.97. The van der Waals surface area contributed by atoms with E-state index in [9.17, 15) is 4.79 Å². The molecule has 0 aromatic heterocycles. The molecule has 2 aromatic carbocycles. The monoisotopic (exact) mass is 413 g/mol. The summed E-state index contributed by atoms with van der Waals surface area (Å²) in [5.74, 6) is 1.90. The van der Waals surface area contributed by atoms with Crippen molar-refractivity contribution in [3.8, 4) is 11.5 Å². The van der Waals surface area contributed by atoms with Crippen molar-refractivity contribution in [3.63, 3.8) is 0 Å². The maximum Gasteiger partial charge on any atom is 0.279 e. The Bertz CT molecular complexity index is 828. The number of rotatable bonds is 8. The molecule has 2 aromatic rings. The molecule has 6 heteroatoms. The maximum atomic E-state index is 12.6. The Labute approximate surface area is 179 Å². The molecule has 1 heterocycles. The van der Waals surface area contributed by atoms with E-state index in [2.05, 4.69) is 43.4 Å². The summed E-state index contributed by atoms with van der Waals surface area (Å²) in [6, 6.07) is 14.4. The summed E-state index contributed by atoms with van der Waals surface area (Å²) in [5.41, 5.74) is 3.43. The van der Waals surface area contributed by atoms with Gasteiger partial charge in [0.05, 0.1) is 19.9 Å². The van der Waals surface area contributed by atoms with Crippen molar-refractivity contribution in [1.82, 2.24) is 0 Å². The number of piperazine rings is 1. The second-order valence-electron chi connectivity index (χ2n) is 8.36. The van der Waals surface area contributed by atoms with Crippen LogP contribution in [0, 0.1) is 0 Å². The van der Waals surface area contributed by atoms with Crippen LogP contribution in [0.2, 0.25) is 0 Å². The fourth-order valence-corrected chi connectivity index (χ4v) is 3.95. The number of quaternary nitrogens is 2. The van der Waals surface area contributed by atoms with Gasteiger partial charge >= 0.3 is 0 Å². The largest absolute Gasteiger partial charge is 0.497 e. The summed E-state index contributed by atoms with van der Waals surface area (Å²) in [6.07, 6.45) is 0. The number of carbonyl (C=O) groups is 1. The van der Waals surface area contributed by atoms with Gasteiger partial charge in [-0.15, -0.1) is 0 Å². The molecule has 0 atom stereocenters. The molecule has 0 aliphatic carbocycles. The van der Waals surface area contributed by atoms with E-state index in [0.29, 0.717) is 29.6 Å². The van der Waals surface area contributed by atoms with Gasteiger partial charge in [-0.25, -0.2) is 0 Å². The van der Waals surface area contributed by atoms with E-state index in [-0.39, 0.29) is 5.91 Å². The van der Waals surface area contributed by atoms with Gasteiger partial charge < -0.3 is 24.6 Å². The number of amides is 1. The molecule has 3 N–H and O–H groups in total. The number of hydrogen-bond donors (Lipinski definition) is 3. The summed E-state index contributed by atoms with van der Waals surface area (Å²) < 4.78 is 10.6. The molecule has 0 unspecified atom stereocenters. The van der Waals surface area contributed by atoms with Crippen molar-refractivity contribution >= 4 is 11.6 Å². The highest BCUT2D eigenvalue weighted by Gasteiger charge is 2.25. The first-order chi connectivity index (χ1) is 14.5. The van der Waals surface area contributed by atoms with E-state index < -0.39 is 0 Å². The lowest BCUT2D eigenvalue weighted by molar-refractivity contribution is -1.02. The zero-order chi connectivity index (χ0) is 21.5. The lowest BCUT2D eigenvalue weighted by Crippen LogP contribution is -3.28. The van der Waals surface area contributed by atoms with Gasteiger partial charge in [-0.1, -0.05) is 38.1 Å². The normalized spacial score (nSPS) is 18.8. The number of nitrogens with one attached hydrogen (secondary N) is 3. The topological polar surface area (TPSA) is 56.4 Å². The number of hydrogen-bond acceptors (Lipinski definition) is 3. The number of benzene rings is 2. The molecule has 1 amide bonds. The zero-order valence-corrected chi connectivity index (χ0v) is 18.6. The Morgan fingerprint density at radius 1 is 0.967 bits per heavy atom. The van der Waals surface area contributed by atoms with Gasteiger partial charge in [0.15, 0.2) is 6.54 Å². The standard InChI is InChI=1S/C24H33N3O3/c1-18(2)20-7-5-19(6-8-20)16-26-11-13-27(14-12-26)17-24(28)25-22-15-21(29-3)9-10-23(22)30-4/h5-10,15,18H,11-14,16-17H2,1-4H3,(H,25,28)/p+2. The molecule has 0 spiro atoms. The van der Waals surface area contributed by atoms with Crippen LogP contribution in [-0.4, -0.2) is 52.9 Å². The molecule has 30 heavy (non-hydrogen) atoms. The maximum absolute atomic E-state index is 12.6. The Morgan fingerprint density at radius 3 is 2.23 bits per heavy atom. The van der Waals surface area contributed by atoms with Crippen LogP contribution >= 0.6 is 0 Å². The van der Waals surface area contributed by atoms with Crippen LogP contribution < -0.4 is 24.6 Å². The lowest BCUT2D eigenvalue weighted by Gasteiger charge is -2.29. The van der Waals surface area contributed by atoms with Gasteiger partial charge in [-0.3, -0.25) is 4.79 Å². The third-order valence-corrected chi connectivity index (χ3v) is 5.86. The molecule has 1 aliphatic rings. The van der Waals surface area contributed by atoms with Gasteiger partial charge in [-0.05, 0) is 23.6 Å². The first-order valence-electron chi connectivity index (χ1n) is 10.8. The van der Waals surface area contributed by atoms with Gasteiger partial charge in [0.25, 0.3) is 5.91 Å². The van der Waals surface area contributed by atoms with Crippen LogP contribution in [0.25, 0.3) is 0 Å². The minimum atomic E-state index is 0.00396. The van der Waals surface area contributed by atoms with Crippen molar-refractivity contribution in [3.05, 3.63) is 53.6 Å². The van der Waals surface area contributed by atoms with Gasteiger partial charge in [-0.2, -0.15) is 0 Å². The predicted octanol–water partition coefficient (Wildman–Crippen LogP) is 0.749. The van der Waals surface area contributed by atoms with E-state index >= 15 is 0 Å². The fourth-order valence-electron chi connectivity index (χ4n) is 3.95. The Kier molecular flexibility index (Phi) is 7.71. The van der Waals surface area contributed by atoms with E-state index in [1.807, 2.05) is 6.07 Å². The number of carbonyl (C=O) groups excluding carboxylic acids is 1. The second kappa shape index (κ2) is 10.5. The van der Waals surface area contributed by atoms with Crippen LogP contribution in [0.3, 0.4) is 0 Å². The first-order valence-corrected chi connectivity index (χ1v) is 10.8. The van der Waals surface area contributed by atoms with E-state index in [0.717, 1.165) is 32.7 Å². The molecule has 1 saturated heterocycles. The van der Waals surface area contributed by atoms with E-state index in [1.165, 1.54) is 16.0 Å². The van der Waals surface area contributed by atoms with Crippen molar-refractivity contribution in [2.24, 2.45) is 0 Å². The predicted molar refractivity (Wildman–Crippen MR) is 119 cm³/mol. The number of methoxy groups -OCH3 is 2. The first kappa shape index (κ1) is 22.1. The van der Waals surface area contributed by atoms with Crippen molar-refractivity contribution < 1.29 is 24.1 Å². The van der Waals surface area contributed by atoms with Gasteiger partial charge in [0, 0.05) is 11.6 Å². The van der Waals surface area contributed by atoms with Crippen LogP contribution in [0.15, 0.2) is 42.5 Å². The molecule has 0 radical (unpaired) electrons. The highest BCUT2D eigenvalue weighted by molar-refractivity contribution is 5.93. The summed E-state index contributed by atoms with van der Waals surface area (Å²) in [4.78, 5) is 15.5. The molecule has 162 valence electrons. The lowest BCUT2D eigenvalue weighted by atomic mass is 10.0. The average Bonchev–Trinajstić information content (AvgIpc) is 2.75. The minimum absolute atomic E-state index is 0.00396. The quantitative estimate of drug-likeness (QED) is 0.599. The van der Waals surface area contributed by atoms with Crippen LogP contribution in [0.5, 0.6) is 11.5 Å². The summed E-state index contributed by atoms with van der Waals surface area (Å²) in [7, 11) is 3.21. The minimum Gasteiger partial charge on any atom is -0.497 e. The van der Waals surface area contributed by atoms with Gasteiger partial charge in [0.2, 0.25) is 0 Å². The van der Waals surface area contributed by atoms with Crippen molar-refractivity contribution in [2.75, 3.05) is 52.3 Å². The Morgan fingerprint density at radius 2 is 1.63 bits per heavy atom. The summed E-state index contributed by atoms with van der Waals surface area (Å²) in [6.45, 7) is 10.1. The second-order valence-corrected chi connectivity index (χ2v) is 8.36. The Balaban J connectivity index is 1.47. The summed E-state index contributed by atoms with van der Waals surface area (Å²) in [5, 5.41) is 2.98. The fraction of sp³-hybridized carbons (Fsp3) is 0.458. The highest BCUT2D eigenvalue weighted by atomic mass is 16.5. The smallest absolute Gasteiger partial charge is 0.279 e. The van der Waals surface area contributed by atoms with Crippen LogP contribution in [0.4, 0.5) is 5.69 Å². The molecule has 3 rings (SSSR count). The molecular formula is C24H35N3O3+2. The molecule has 1 aliphatic heterocycles. The molecule has 1 fully saturated rings. The van der Waals surface area contributed by atoms with Crippen molar-refractivity contribution in [1.29, 1.82) is 0 Å². The van der Waals surface area contributed by atoms with Gasteiger partial charge in [0.1, 0.15) is 44.2 Å². The third-order valence-electron chi connectivity index (χ3n) is 5.86. The molecule has 6 nitrogen and oxygen atoms in total. The number of ether oxygens (including phenoxy) is 2. The van der Waals surface area contributed by atoms with Crippen LogP contribution in [-0.2, 0) is 11.3 Å². The Hall–Kier alpha value is -2.57. The zero-order valence-electron chi connectivity index (χ0n) is 18.6. The molecular weight excluding hydrogens is 378 g/mol.